The summed E-state index contributed by atoms with van der Waals surface area (Å²) in [7, 11) is 0. The van der Waals surface area contributed by atoms with Crippen LogP contribution in [0.3, 0.4) is 0 Å². The third-order valence-corrected chi connectivity index (χ3v) is 3.11. The van der Waals surface area contributed by atoms with Crippen LogP contribution in [0.5, 0.6) is 17.2 Å². The van der Waals surface area contributed by atoms with E-state index >= 15 is 0 Å². The van der Waals surface area contributed by atoms with Gasteiger partial charge in [0.1, 0.15) is 5.82 Å². The molecule has 1 atom stereocenters. The van der Waals surface area contributed by atoms with Crippen molar-refractivity contribution >= 4 is 0 Å². The minimum atomic E-state index is 0.101. The molecule has 3 rings (SSSR count). The Kier molecular flexibility index (Phi) is 3.29. The molecule has 1 aliphatic rings. The molecule has 2 N–H and O–H groups in total. The van der Waals surface area contributed by atoms with Crippen molar-refractivity contribution in [2.75, 3.05) is 6.54 Å². The summed E-state index contributed by atoms with van der Waals surface area (Å²) in [4.78, 5) is 8.61. The van der Waals surface area contributed by atoms with E-state index in [4.69, 9.17) is 4.74 Å². The number of hydrogen-bond acceptors (Lipinski definition) is 5. The molecule has 0 bridgehead atoms. The first-order valence-electron chi connectivity index (χ1n) is 6.34. The van der Waals surface area contributed by atoms with Crippen LogP contribution in [0, 0.1) is 0 Å². The lowest BCUT2D eigenvalue weighted by Crippen LogP contribution is -2.15. The SMILES string of the molecule is Oc1ccccc1Oc1cnc(C2CCCN2)nc1. The molecule has 1 saturated heterocycles. The molecule has 2 aromatic rings. The fourth-order valence-corrected chi connectivity index (χ4v) is 2.13. The summed E-state index contributed by atoms with van der Waals surface area (Å²) in [5, 5.41) is 13.0. The number of phenolic OH excluding ortho intramolecular Hbond substituents is 1. The standard InChI is InChI=1S/C14H15N3O2/c18-12-5-1-2-6-13(12)19-10-8-16-14(17-9-10)11-4-3-7-15-11/h1-2,5-6,8-9,11,15,18H,3-4,7H2. The Labute approximate surface area is 111 Å². The van der Waals surface area contributed by atoms with Gasteiger partial charge < -0.3 is 15.2 Å². The van der Waals surface area contributed by atoms with Crippen molar-refractivity contribution in [1.82, 2.24) is 15.3 Å². The number of nitrogens with zero attached hydrogens (tertiary/aromatic N) is 2. The predicted octanol–water partition coefficient (Wildman–Crippen LogP) is 2.40. The number of benzene rings is 1. The van der Waals surface area contributed by atoms with E-state index in [2.05, 4.69) is 15.3 Å². The molecule has 1 aromatic carbocycles. The molecule has 1 fully saturated rings. The van der Waals surface area contributed by atoms with Gasteiger partial charge in [-0.2, -0.15) is 0 Å². The van der Waals surface area contributed by atoms with Gasteiger partial charge in [-0.25, -0.2) is 9.97 Å². The second-order valence-electron chi connectivity index (χ2n) is 4.50. The monoisotopic (exact) mass is 257 g/mol. The van der Waals surface area contributed by atoms with Crippen LogP contribution in [0.1, 0.15) is 24.7 Å². The van der Waals surface area contributed by atoms with Crippen molar-refractivity contribution in [2.45, 2.75) is 18.9 Å². The largest absolute Gasteiger partial charge is 0.504 e. The van der Waals surface area contributed by atoms with Crippen LogP contribution in [0.25, 0.3) is 0 Å². The molecule has 5 nitrogen and oxygen atoms in total. The molecule has 0 saturated carbocycles. The van der Waals surface area contributed by atoms with Crippen molar-refractivity contribution in [3.8, 4) is 17.2 Å². The van der Waals surface area contributed by atoms with Crippen LogP contribution >= 0.6 is 0 Å². The molecular weight excluding hydrogens is 242 g/mol. The van der Waals surface area contributed by atoms with Crippen molar-refractivity contribution in [2.24, 2.45) is 0 Å². The number of aromatic hydroxyl groups is 1. The lowest BCUT2D eigenvalue weighted by molar-refractivity contribution is 0.408. The summed E-state index contributed by atoms with van der Waals surface area (Å²) in [5.74, 6) is 1.81. The number of rotatable bonds is 3. The van der Waals surface area contributed by atoms with Crippen molar-refractivity contribution < 1.29 is 9.84 Å². The first kappa shape index (κ1) is 11.9. The van der Waals surface area contributed by atoms with E-state index in [0.29, 0.717) is 11.5 Å². The van der Waals surface area contributed by atoms with E-state index in [1.807, 2.05) is 0 Å². The molecule has 5 heteroatoms. The van der Waals surface area contributed by atoms with Crippen LogP contribution in [0.2, 0.25) is 0 Å². The van der Waals surface area contributed by atoms with E-state index in [9.17, 15) is 5.11 Å². The molecular formula is C14H15N3O2. The highest BCUT2D eigenvalue weighted by Gasteiger charge is 2.18. The Morgan fingerprint density at radius 1 is 1.21 bits per heavy atom. The zero-order chi connectivity index (χ0) is 13.1. The fraction of sp³-hybridized carbons (Fsp3) is 0.286. The minimum absolute atomic E-state index is 0.101. The second kappa shape index (κ2) is 5.24. The molecule has 1 aromatic heterocycles. The average Bonchev–Trinajstić information content (AvgIpc) is 2.96. The summed E-state index contributed by atoms with van der Waals surface area (Å²) in [6, 6.07) is 7.06. The Morgan fingerprint density at radius 3 is 2.68 bits per heavy atom. The molecule has 1 aliphatic heterocycles. The predicted molar refractivity (Wildman–Crippen MR) is 70.2 cm³/mol. The maximum Gasteiger partial charge on any atom is 0.169 e. The number of para-hydroxylation sites is 2. The molecule has 1 unspecified atom stereocenters. The lowest BCUT2D eigenvalue weighted by Gasteiger charge is -2.10. The van der Waals surface area contributed by atoms with E-state index in [-0.39, 0.29) is 11.8 Å². The van der Waals surface area contributed by atoms with Crippen LogP contribution in [-0.4, -0.2) is 21.6 Å². The molecule has 0 aliphatic carbocycles. The number of phenols is 1. The normalized spacial score (nSPS) is 18.4. The molecule has 98 valence electrons. The summed E-state index contributed by atoms with van der Waals surface area (Å²) in [6.07, 6.45) is 5.49. The molecule has 0 spiro atoms. The maximum absolute atomic E-state index is 9.62. The highest BCUT2D eigenvalue weighted by molar-refractivity contribution is 5.40. The number of ether oxygens (including phenoxy) is 1. The molecule has 19 heavy (non-hydrogen) atoms. The summed E-state index contributed by atoms with van der Waals surface area (Å²) in [6.45, 7) is 1.02. The van der Waals surface area contributed by atoms with E-state index in [1.54, 1.807) is 36.7 Å². The molecule has 0 amide bonds. The molecule has 2 heterocycles. The summed E-state index contributed by atoms with van der Waals surface area (Å²) >= 11 is 0. The smallest absolute Gasteiger partial charge is 0.169 e. The van der Waals surface area contributed by atoms with Crippen LogP contribution < -0.4 is 10.1 Å². The van der Waals surface area contributed by atoms with Gasteiger partial charge in [0.05, 0.1) is 18.4 Å². The topological polar surface area (TPSA) is 67.3 Å². The average molecular weight is 257 g/mol. The van der Waals surface area contributed by atoms with Crippen molar-refractivity contribution in [3.63, 3.8) is 0 Å². The zero-order valence-corrected chi connectivity index (χ0v) is 10.4. The first-order chi connectivity index (χ1) is 9.33. The van der Waals surface area contributed by atoms with Crippen molar-refractivity contribution in [1.29, 1.82) is 0 Å². The van der Waals surface area contributed by atoms with Gasteiger partial charge in [0.25, 0.3) is 0 Å². The minimum Gasteiger partial charge on any atom is -0.504 e. The highest BCUT2D eigenvalue weighted by atomic mass is 16.5. The summed E-state index contributed by atoms with van der Waals surface area (Å²) < 4.78 is 5.53. The van der Waals surface area contributed by atoms with E-state index in [0.717, 1.165) is 25.2 Å². The van der Waals surface area contributed by atoms with Crippen molar-refractivity contribution in [3.05, 3.63) is 42.5 Å². The van der Waals surface area contributed by atoms with Gasteiger partial charge in [-0.05, 0) is 31.5 Å². The lowest BCUT2D eigenvalue weighted by atomic mass is 10.2. The van der Waals surface area contributed by atoms with Gasteiger partial charge in [-0.15, -0.1) is 0 Å². The molecule has 0 radical (unpaired) electrons. The number of nitrogens with one attached hydrogen (secondary N) is 1. The van der Waals surface area contributed by atoms with Crippen LogP contribution in [0.4, 0.5) is 0 Å². The Hall–Kier alpha value is -2.14. The Morgan fingerprint density at radius 2 is 2.00 bits per heavy atom. The quantitative estimate of drug-likeness (QED) is 0.883. The van der Waals surface area contributed by atoms with Gasteiger partial charge in [-0.1, -0.05) is 12.1 Å². The maximum atomic E-state index is 9.62. The Bertz CT molecular complexity index is 551. The highest BCUT2D eigenvalue weighted by Crippen LogP contribution is 2.29. The van der Waals surface area contributed by atoms with Gasteiger partial charge in [0.15, 0.2) is 17.2 Å². The van der Waals surface area contributed by atoms with E-state index < -0.39 is 0 Å². The number of aromatic nitrogens is 2. The summed E-state index contributed by atoms with van der Waals surface area (Å²) in [5.41, 5.74) is 0. The Balaban J connectivity index is 1.74. The van der Waals surface area contributed by atoms with Crippen LogP contribution in [-0.2, 0) is 0 Å². The van der Waals surface area contributed by atoms with Crippen LogP contribution in [0.15, 0.2) is 36.7 Å². The first-order valence-corrected chi connectivity index (χ1v) is 6.34. The van der Waals surface area contributed by atoms with Gasteiger partial charge in [0.2, 0.25) is 0 Å². The zero-order valence-electron chi connectivity index (χ0n) is 10.4. The van der Waals surface area contributed by atoms with Gasteiger partial charge in [0, 0.05) is 0 Å². The fourth-order valence-electron chi connectivity index (χ4n) is 2.13. The van der Waals surface area contributed by atoms with Gasteiger partial charge >= 0.3 is 0 Å². The van der Waals surface area contributed by atoms with E-state index in [1.165, 1.54) is 0 Å². The van der Waals surface area contributed by atoms with Gasteiger partial charge in [-0.3, -0.25) is 0 Å². The third-order valence-electron chi connectivity index (χ3n) is 3.11. The third kappa shape index (κ3) is 2.66. The number of hydrogen-bond donors (Lipinski definition) is 2. The second-order valence-corrected chi connectivity index (χ2v) is 4.50.